The number of primary amides is 1. The molecule has 0 saturated carbocycles. The molecule has 2 aromatic rings. The van der Waals surface area contributed by atoms with E-state index in [0.717, 1.165) is 33.7 Å². The average Bonchev–Trinajstić information content (AvgIpc) is 3.24. The topological polar surface area (TPSA) is 101 Å². The van der Waals surface area contributed by atoms with Crippen molar-refractivity contribution < 1.29 is 9.59 Å². The predicted molar refractivity (Wildman–Crippen MR) is 96.4 cm³/mol. The van der Waals surface area contributed by atoms with Crippen LogP contribution in [0.4, 0.5) is 5.13 Å². The number of anilines is 1. The zero-order chi connectivity index (χ0) is 16.9. The van der Waals surface area contributed by atoms with Gasteiger partial charge in [-0.15, -0.1) is 11.3 Å². The van der Waals surface area contributed by atoms with Gasteiger partial charge in [0, 0.05) is 13.1 Å². The number of piperidine rings is 1. The maximum Gasteiger partial charge on any atom is 0.329 e. The van der Waals surface area contributed by atoms with Crippen LogP contribution in [0.1, 0.15) is 24.1 Å². The average molecular weight is 363 g/mol. The van der Waals surface area contributed by atoms with Crippen molar-refractivity contribution in [2.24, 2.45) is 10.8 Å². The molecule has 3 N–H and O–H groups in total. The molecule has 1 saturated heterocycles. The summed E-state index contributed by atoms with van der Waals surface area (Å²) in [6, 6.07) is 3.97. The van der Waals surface area contributed by atoms with Crippen LogP contribution in [-0.2, 0) is 9.59 Å². The van der Waals surface area contributed by atoms with E-state index in [1.807, 2.05) is 17.5 Å². The van der Waals surface area contributed by atoms with Gasteiger partial charge in [-0.1, -0.05) is 17.4 Å². The Balaban J connectivity index is 1.85. The molecule has 0 radical (unpaired) electrons. The minimum atomic E-state index is -1.07. The first-order valence-electron chi connectivity index (χ1n) is 7.57. The third-order valence-corrected chi connectivity index (χ3v) is 5.52. The Morgan fingerprint density at radius 3 is 2.79 bits per heavy atom. The molecule has 2 amide bonds. The minimum absolute atomic E-state index is 0.836. The van der Waals surface area contributed by atoms with Gasteiger partial charge in [-0.25, -0.2) is 10.4 Å². The highest BCUT2D eigenvalue weighted by Gasteiger charge is 2.19. The van der Waals surface area contributed by atoms with Gasteiger partial charge in [0.2, 0.25) is 0 Å². The van der Waals surface area contributed by atoms with E-state index >= 15 is 0 Å². The van der Waals surface area contributed by atoms with Crippen LogP contribution in [-0.4, -0.2) is 36.1 Å². The summed E-state index contributed by atoms with van der Waals surface area (Å²) in [6.07, 6.45) is 5.12. The first kappa shape index (κ1) is 16.6. The molecule has 1 aliphatic heterocycles. The van der Waals surface area contributed by atoms with Gasteiger partial charge in [-0.3, -0.25) is 9.59 Å². The molecular formula is C15H17N5O2S2. The third kappa shape index (κ3) is 3.80. The fourth-order valence-corrected chi connectivity index (χ4v) is 4.22. The molecular weight excluding hydrogens is 346 g/mol. The number of nitrogens with two attached hydrogens (primary N) is 1. The summed E-state index contributed by atoms with van der Waals surface area (Å²) in [5, 5.41) is 6.77. The normalized spacial score (nSPS) is 14.9. The Kier molecular flexibility index (Phi) is 5.21. The first-order valence-corrected chi connectivity index (χ1v) is 9.27. The fourth-order valence-electron chi connectivity index (χ4n) is 2.42. The molecule has 3 heterocycles. The second kappa shape index (κ2) is 7.54. The standard InChI is InChI=1S/C15H17N5O2S2/c16-13(21)14(22)19-17-9-11-12(10-5-4-8-23-10)18-15(24-11)20-6-2-1-3-7-20/h4-5,8-9H,1-3,6-7H2,(H2,16,21)(H,19,22)/b17-9+. The largest absolute Gasteiger partial charge is 0.361 e. The number of hydrogen-bond donors (Lipinski definition) is 2. The van der Waals surface area contributed by atoms with E-state index in [4.69, 9.17) is 10.7 Å². The molecule has 2 aromatic heterocycles. The van der Waals surface area contributed by atoms with E-state index in [2.05, 4.69) is 15.4 Å². The summed E-state index contributed by atoms with van der Waals surface area (Å²) in [6.45, 7) is 2.01. The van der Waals surface area contributed by atoms with E-state index in [0.29, 0.717) is 0 Å². The number of nitrogens with zero attached hydrogens (tertiary/aromatic N) is 3. The summed E-state index contributed by atoms with van der Waals surface area (Å²) in [4.78, 5) is 30.8. The van der Waals surface area contributed by atoms with Crippen LogP contribution in [0.3, 0.4) is 0 Å². The van der Waals surface area contributed by atoms with Crippen molar-refractivity contribution in [3.8, 4) is 10.6 Å². The molecule has 24 heavy (non-hydrogen) atoms. The lowest BCUT2D eigenvalue weighted by atomic mass is 10.1. The van der Waals surface area contributed by atoms with Crippen molar-refractivity contribution in [3.05, 3.63) is 22.4 Å². The summed E-state index contributed by atoms with van der Waals surface area (Å²) < 4.78 is 0. The molecule has 7 nitrogen and oxygen atoms in total. The summed E-state index contributed by atoms with van der Waals surface area (Å²) in [7, 11) is 0. The number of carbonyl (C=O) groups is 2. The van der Waals surface area contributed by atoms with E-state index in [9.17, 15) is 9.59 Å². The van der Waals surface area contributed by atoms with Gasteiger partial charge in [-0.2, -0.15) is 5.10 Å². The quantitative estimate of drug-likeness (QED) is 0.491. The lowest BCUT2D eigenvalue weighted by Gasteiger charge is -2.25. The van der Waals surface area contributed by atoms with Gasteiger partial charge in [0.1, 0.15) is 5.69 Å². The molecule has 3 rings (SSSR count). The smallest absolute Gasteiger partial charge is 0.329 e. The number of hydrazone groups is 1. The van der Waals surface area contributed by atoms with E-state index in [-0.39, 0.29) is 0 Å². The number of nitrogens with one attached hydrogen (secondary N) is 1. The highest BCUT2D eigenvalue weighted by atomic mass is 32.1. The monoisotopic (exact) mass is 363 g/mol. The Labute approximate surface area is 147 Å². The van der Waals surface area contributed by atoms with Crippen molar-refractivity contribution in [2.45, 2.75) is 19.3 Å². The summed E-state index contributed by atoms with van der Waals surface area (Å²) in [5.41, 5.74) is 7.84. The predicted octanol–water partition coefficient (Wildman–Crippen LogP) is 1.80. The maximum atomic E-state index is 11.2. The Bertz CT molecular complexity index is 748. The van der Waals surface area contributed by atoms with Crippen LogP contribution < -0.4 is 16.1 Å². The number of thiazole rings is 1. The molecule has 0 unspecified atom stereocenters. The van der Waals surface area contributed by atoms with Crippen LogP contribution in [0, 0.1) is 0 Å². The van der Waals surface area contributed by atoms with Crippen LogP contribution in [0.25, 0.3) is 10.6 Å². The van der Waals surface area contributed by atoms with Crippen LogP contribution in [0.15, 0.2) is 22.6 Å². The molecule has 126 valence electrons. The van der Waals surface area contributed by atoms with Crippen molar-refractivity contribution in [3.63, 3.8) is 0 Å². The van der Waals surface area contributed by atoms with Crippen molar-refractivity contribution in [2.75, 3.05) is 18.0 Å². The fraction of sp³-hybridized carbons (Fsp3) is 0.333. The molecule has 1 aliphatic rings. The number of amides is 2. The van der Waals surface area contributed by atoms with Gasteiger partial charge in [0.15, 0.2) is 5.13 Å². The first-order chi connectivity index (χ1) is 11.6. The van der Waals surface area contributed by atoms with E-state index in [1.54, 1.807) is 11.3 Å². The maximum absolute atomic E-state index is 11.2. The number of hydrogen-bond acceptors (Lipinski definition) is 7. The molecule has 0 atom stereocenters. The summed E-state index contributed by atoms with van der Waals surface area (Å²) in [5.74, 6) is -2.01. The second-order valence-corrected chi connectivity index (χ2v) is 7.25. The zero-order valence-electron chi connectivity index (χ0n) is 12.9. The number of thiophene rings is 1. The van der Waals surface area contributed by atoms with Gasteiger partial charge in [0.25, 0.3) is 0 Å². The Hall–Kier alpha value is -2.26. The lowest BCUT2D eigenvalue weighted by molar-refractivity contribution is -0.137. The van der Waals surface area contributed by atoms with E-state index in [1.165, 1.54) is 36.8 Å². The van der Waals surface area contributed by atoms with Crippen molar-refractivity contribution >= 4 is 45.8 Å². The summed E-state index contributed by atoms with van der Waals surface area (Å²) >= 11 is 3.13. The van der Waals surface area contributed by atoms with Gasteiger partial charge >= 0.3 is 11.8 Å². The number of aromatic nitrogens is 1. The van der Waals surface area contributed by atoms with Crippen molar-refractivity contribution in [1.82, 2.24) is 10.4 Å². The SMILES string of the molecule is NC(=O)C(=O)N/N=C/c1sc(N2CCCCC2)nc1-c1cccs1. The van der Waals surface area contributed by atoms with Crippen molar-refractivity contribution in [1.29, 1.82) is 0 Å². The zero-order valence-corrected chi connectivity index (χ0v) is 14.5. The lowest BCUT2D eigenvalue weighted by Crippen LogP contribution is -2.32. The highest BCUT2D eigenvalue weighted by Crippen LogP contribution is 2.35. The highest BCUT2D eigenvalue weighted by molar-refractivity contribution is 7.18. The van der Waals surface area contributed by atoms with Crippen LogP contribution in [0.2, 0.25) is 0 Å². The third-order valence-electron chi connectivity index (χ3n) is 3.59. The Morgan fingerprint density at radius 1 is 1.33 bits per heavy atom. The van der Waals surface area contributed by atoms with Crippen LogP contribution in [0.5, 0.6) is 0 Å². The molecule has 0 aliphatic carbocycles. The molecule has 0 spiro atoms. The number of rotatable bonds is 4. The molecule has 9 heteroatoms. The molecule has 1 fully saturated rings. The minimum Gasteiger partial charge on any atom is -0.361 e. The number of carbonyl (C=O) groups excluding carboxylic acids is 2. The van der Waals surface area contributed by atoms with Gasteiger partial charge < -0.3 is 10.6 Å². The van der Waals surface area contributed by atoms with Crippen LogP contribution >= 0.6 is 22.7 Å². The second-order valence-electron chi connectivity index (χ2n) is 5.30. The molecule has 0 bridgehead atoms. The van der Waals surface area contributed by atoms with Gasteiger partial charge in [-0.05, 0) is 30.7 Å². The molecule has 0 aromatic carbocycles. The van der Waals surface area contributed by atoms with E-state index < -0.39 is 11.8 Å². The van der Waals surface area contributed by atoms with Gasteiger partial charge in [0.05, 0.1) is 16.0 Å². The Morgan fingerprint density at radius 2 is 2.12 bits per heavy atom.